The van der Waals surface area contributed by atoms with E-state index in [0.29, 0.717) is 12.4 Å². The quantitative estimate of drug-likeness (QED) is 0.817. The maximum Gasteiger partial charge on any atom is 0.335 e. The van der Waals surface area contributed by atoms with Crippen molar-refractivity contribution in [2.75, 3.05) is 20.2 Å². The molecule has 1 aromatic carbocycles. The molecule has 4 nitrogen and oxygen atoms in total. The summed E-state index contributed by atoms with van der Waals surface area (Å²) in [7, 11) is 2.09. The second-order valence-electron chi connectivity index (χ2n) is 4.39. The lowest BCUT2D eigenvalue weighted by Crippen LogP contribution is -2.26. The minimum Gasteiger partial charge on any atom is -0.492 e. The van der Waals surface area contributed by atoms with Crippen LogP contribution >= 0.6 is 0 Å². The van der Waals surface area contributed by atoms with E-state index < -0.39 is 5.97 Å². The minimum absolute atomic E-state index is 0.262. The van der Waals surface area contributed by atoms with Gasteiger partial charge in [0.15, 0.2) is 0 Å². The number of carboxylic acids is 1. The highest BCUT2D eigenvalue weighted by Crippen LogP contribution is 2.24. The Kier molecular flexibility index (Phi) is 3.64. The summed E-state index contributed by atoms with van der Waals surface area (Å²) in [5, 5.41) is 8.84. The highest BCUT2D eigenvalue weighted by atomic mass is 16.5. The zero-order chi connectivity index (χ0) is 12.3. The van der Waals surface area contributed by atoms with Gasteiger partial charge in [0.2, 0.25) is 0 Å². The van der Waals surface area contributed by atoms with Gasteiger partial charge in [0, 0.05) is 12.6 Å². The minimum atomic E-state index is -0.925. The van der Waals surface area contributed by atoms with Crippen LogP contribution in [0.5, 0.6) is 5.75 Å². The lowest BCUT2D eigenvalue weighted by atomic mass is 10.2. The van der Waals surface area contributed by atoms with Crippen LogP contribution in [0.3, 0.4) is 0 Å². The molecule has 0 saturated heterocycles. The Morgan fingerprint density at radius 2 is 2.29 bits per heavy atom. The number of carboxylic acid groups (broad SMARTS) is 1. The molecule has 1 saturated carbocycles. The van der Waals surface area contributed by atoms with E-state index in [9.17, 15) is 4.79 Å². The Balaban J connectivity index is 1.81. The molecule has 4 heteroatoms. The molecule has 1 aliphatic carbocycles. The van der Waals surface area contributed by atoms with Gasteiger partial charge in [0.1, 0.15) is 12.4 Å². The number of hydrogen-bond acceptors (Lipinski definition) is 3. The molecule has 0 radical (unpaired) electrons. The van der Waals surface area contributed by atoms with E-state index in [-0.39, 0.29) is 5.56 Å². The first-order valence-corrected chi connectivity index (χ1v) is 5.83. The number of rotatable bonds is 6. The summed E-state index contributed by atoms with van der Waals surface area (Å²) in [5.41, 5.74) is 0.262. The van der Waals surface area contributed by atoms with Crippen LogP contribution in [0.2, 0.25) is 0 Å². The van der Waals surface area contributed by atoms with Gasteiger partial charge in [-0.2, -0.15) is 0 Å². The number of nitrogens with zero attached hydrogens (tertiary/aromatic N) is 1. The molecule has 0 aliphatic heterocycles. The number of ether oxygens (including phenoxy) is 1. The fraction of sp³-hybridized carbons (Fsp3) is 0.462. The summed E-state index contributed by atoms with van der Waals surface area (Å²) in [5.74, 6) is -0.306. The predicted octanol–water partition coefficient (Wildman–Crippen LogP) is 1.86. The molecule has 0 atom stereocenters. The number of benzene rings is 1. The third-order valence-electron chi connectivity index (χ3n) is 2.96. The van der Waals surface area contributed by atoms with E-state index in [2.05, 4.69) is 11.9 Å². The third kappa shape index (κ3) is 3.46. The van der Waals surface area contributed by atoms with Gasteiger partial charge in [0.25, 0.3) is 0 Å². The van der Waals surface area contributed by atoms with Gasteiger partial charge in [-0.1, -0.05) is 6.07 Å². The fourth-order valence-electron chi connectivity index (χ4n) is 1.72. The molecular formula is C13H17NO3. The molecule has 1 N–H and O–H groups in total. The highest BCUT2D eigenvalue weighted by Gasteiger charge is 2.25. The van der Waals surface area contributed by atoms with Crippen LogP contribution in [0.15, 0.2) is 24.3 Å². The second kappa shape index (κ2) is 5.19. The van der Waals surface area contributed by atoms with E-state index in [1.54, 1.807) is 24.3 Å². The summed E-state index contributed by atoms with van der Waals surface area (Å²) >= 11 is 0. The van der Waals surface area contributed by atoms with Gasteiger partial charge in [0.05, 0.1) is 5.56 Å². The lowest BCUT2D eigenvalue weighted by Gasteiger charge is -2.15. The Labute approximate surface area is 101 Å². The van der Waals surface area contributed by atoms with Crippen LogP contribution in [0.25, 0.3) is 0 Å². The number of carbonyl (C=O) groups is 1. The van der Waals surface area contributed by atoms with Gasteiger partial charge in [-0.05, 0) is 38.1 Å². The average Bonchev–Trinajstić information content (AvgIpc) is 3.13. The maximum absolute atomic E-state index is 10.8. The van der Waals surface area contributed by atoms with Gasteiger partial charge in [-0.15, -0.1) is 0 Å². The molecule has 1 fully saturated rings. The molecule has 0 heterocycles. The van der Waals surface area contributed by atoms with Crippen LogP contribution in [-0.2, 0) is 0 Å². The Hall–Kier alpha value is -1.55. The van der Waals surface area contributed by atoms with Gasteiger partial charge in [-0.3, -0.25) is 0 Å². The summed E-state index contributed by atoms with van der Waals surface area (Å²) < 4.78 is 5.54. The van der Waals surface area contributed by atoms with Gasteiger partial charge >= 0.3 is 5.97 Å². The van der Waals surface area contributed by atoms with E-state index in [4.69, 9.17) is 9.84 Å². The van der Waals surface area contributed by atoms with Crippen LogP contribution in [0.1, 0.15) is 23.2 Å². The summed E-state index contributed by atoms with van der Waals surface area (Å²) in [4.78, 5) is 13.0. The summed E-state index contributed by atoms with van der Waals surface area (Å²) in [6, 6.07) is 7.32. The lowest BCUT2D eigenvalue weighted by molar-refractivity contribution is 0.0696. The predicted molar refractivity (Wildman–Crippen MR) is 64.5 cm³/mol. The third-order valence-corrected chi connectivity index (χ3v) is 2.96. The van der Waals surface area contributed by atoms with Crippen molar-refractivity contribution in [3.63, 3.8) is 0 Å². The molecule has 0 spiro atoms. The molecule has 17 heavy (non-hydrogen) atoms. The zero-order valence-corrected chi connectivity index (χ0v) is 9.93. The van der Waals surface area contributed by atoms with Crippen LogP contribution in [0, 0.1) is 0 Å². The summed E-state index contributed by atoms with van der Waals surface area (Å²) in [6.45, 7) is 1.47. The van der Waals surface area contributed by atoms with E-state index >= 15 is 0 Å². The topological polar surface area (TPSA) is 49.8 Å². The monoisotopic (exact) mass is 235 g/mol. The van der Waals surface area contributed by atoms with Gasteiger partial charge in [-0.25, -0.2) is 4.79 Å². The Bertz CT molecular complexity index is 401. The van der Waals surface area contributed by atoms with Crippen molar-refractivity contribution in [3.05, 3.63) is 29.8 Å². The SMILES string of the molecule is CN(CCOc1cccc(C(=O)O)c1)C1CC1. The van der Waals surface area contributed by atoms with Gasteiger partial charge < -0.3 is 14.7 Å². The molecular weight excluding hydrogens is 218 g/mol. The van der Waals surface area contributed by atoms with E-state index in [1.165, 1.54) is 12.8 Å². The van der Waals surface area contributed by atoms with Crippen LogP contribution in [-0.4, -0.2) is 42.2 Å². The van der Waals surface area contributed by atoms with Crippen molar-refractivity contribution in [2.24, 2.45) is 0 Å². The molecule has 0 unspecified atom stereocenters. The van der Waals surface area contributed by atoms with Crippen LogP contribution < -0.4 is 4.74 Å². The molecule has 0 bridgehead atoms. The van der Waals surface area contributed by atoms with Crippen molar-refractivity contribution in [1.29, 1.82) is 0 Å². The first-order chi connectivity index (χ1) is 8.16. The Morgan fingerprint density at radius 1 is 1.53 bits per heavy atom. The molecule has 1 aliphatic rings. The van der Waals surface area contributed by atoms with Crippen molar-refractivity contribution in [2.45, 2.75) is 18.9 Å². The average molecular weight is 235 g/mol. The van der Waals surface area contributed by atoms with Crippen molar-refractivity contribution in [3.8, 4) is 5.75 Å². The smallest absolute Gasteiger partial charge is 0.335 e. The summed E-state index contributed by atoms with van der Waals surface area (Å²) in [6.07, 6.45) is 2.57. The van der Waals surface area contributed by atoms with Crippen molar-refractivity contribution in [1.82, 2.24) is 4.90 Å². The maximum atomic E-state index is 10.8. The fourth-order valence-corrected chi connectivity index (χ4v) is 1.72. The number of aromatic carboxylic acids is 1. The molecule has 92 valence electrons. The number of hydrogen-bond donors (Lipinski definition) is 1. The Morgan fingerprint density at radius 3 is 2.94 bits per heavy atom. The molecule has 1 aromatic rings. The zero-order valence-electron chi connectivity index (χ0n) is 9.93. The number of likely N-dealkylation sites (N-methyl/N-ethyl adjacent to an activating group) is 1. The van der Waals surface area contributed by atoms with Crippen molar-refractivity contribution >= 4 is 5.97 Å². The van der Waals surface area contributed by atoms with Crippen molar-refractivity contribution < 1.29 is 14.6 Å². The highest BCUT2D eigenvalue weighted by molar-refractivity contribution is 5.87. The van der Waals surface area contributed by atoms with Crippen LogP contribution in [0.4, 0.5) is 0 Å². The second-order valence-corrected chi connectivity index (χ2v) is 4.39. The molecule has 2 rings (SSSR count). The van der Waals surface area contributed by atoms with E-state index in [0.717, 1.165) is 12.6 Å². The molecule has 0 aromatic heterocycles. The standard InChI is InChI=1S/C13H17NO3/c1-14(11-5-6-11)7-8-17-12-4-2-3-10(9-12)13(15)16/h2-4,9,11H,5-8H2,1H3,(H,15,16). The first-order valence-electron chi connectivity index (χ1n) is 5.83. The normalized spacial score (nSPS) is 14.9. The molecule has 0 amide bonds. The van der Waals surface area contributed by atoms with E-state index in [1.807, 2.05) is 0 Å². The first kappa shape index (κ1) is 11.9. The largest absolute Gasteiger partial charge is 0.492 e.